The first kappa shape index (κ1) is 13.0. The molecule has 0 atom stereocenters. The maximum Gasteiger partial charge on any atom is 0.326 e. The normalized spacial score (nSPS) is 10.6. The minimum Gasteiger partial charge on any atom is -0.324 e. The van der Waals surface area contributed by atoms with E-state index in [-0.39, 0.29) is 11.6 Å². The smallest absolute Gasteiger partial charge is 0.324 e. The van der Waals surface area contributed by atoms with Crippen LogP contribution in [0, 0.1) is 11.6 Å². The summed E-state index contributed by atoms with van der Waals surface area (Å²) in [7, 11) is 0. The van der Waals surface area contributed by atoms with Crippen molar-refractivity contribution in [1.29, 1.82) is 0 Å². The number of hydrogen-bond donors (Lipinski definition) is 3. The lowest BCUT2D eigenvalue weighted by Crippen LogP contribution is -2.20. The number of carbonyl (C=O) groups excluding carboxylic acids is 1. The molecule has 0 spiro atoms. The van der Waals surface area contributed by atoms with Gasteiger partial charge in [0, 0.05) is 6.07 Å². The van der Waals surface area contributed by atoms with Gasteiger partial charge in [-0.25, -0.2) is 18.6 Å². The average Bonchev–Trinajstić information content (AvgIpc) is 2.84. The summed E-state index contributed by atoms with van der Waals surface area (Å²) >= 11 is 0. The van der Waals surface area contributed by atoms with Crippen molar-refractivity contribution < 1.29 is 13.6 Å². The molecule has 106 valence electrons. The molecule has 0 saturated heterocycles. The molecule has 7 heteroatoms. The number of nitrogens with zero attached hydrogens (tertiary/aromatic N) is 1. The van der Waals surface area contributed by atoms with Crippen molar-refractivity contribution >= 4 is 28.7 Å². The zero-order valence-corrected chi connectivity index (χ0v) is 10.7. The first-order chi connectivity index (χ1) is 10.1. The number of benzene rings is 2. The Kier molecular flexibility index (Phi) is 3.23. The van der Waals surface area contributed by atoms with Crippen molar-refractivity contribution in [2.75, 3.05) is 10.6 Å². The van der Waals surface area contributed by atoms with Crippen molar-refractivity contribution in [3.63, 3.8) is 0 Å². The van der Waals surface area contributed by atoms with Gasteiger partial charge in [0.2, 0.25) is 5.95 Å². The van der Waals surface area contributed by atoms with E-state index in [4.69, 9.17) is 0 Å². The molecule has 3 N–H and O–H groups in total. The number of para-hydroxylation sites is 2. The minimum absolute atomic E-state index is 0.213. The van der Waals surface area contributed by atoms with Crippen LogP contribution < -0.4 is 10.6 Å². The molecule has 0 unspecified atom stereocenters. The van der Waals surface area contributed by atoms with Crippen LogP contribution >= 0.6 is 0 Å². The van der Waals surface area contributed by atoms with Gasteiger partial charge in [0.1, 0.15) is 11.6 Å². The van der Waals surface area contributed by atoms with Gasteiger partial charge in [-0.3, -0.25) is 5.32 Å². The average molecular weight is 288 g/mol. The van der Waals surface area contributed by atoms with Crippen molar-refractivity contribution in [1.82, 2.24) is 9.97 Å². The quantitative estimate of drug-likeness (QED) is 0.675. The highest BCUT2D eigenvalue weighted by atomic mass is 19.1. The van der Waals surface area contributed by atoms with Gasteiger partial charge >= 0.3 is 6.03 Å². The second-order valence-electron chi connectivity index (χ2n) is 4.31. The number of carbonyl (C=O) groups is 1. The van der Waals surface area contributed by atoms with Crippen LogP contribution in [-0.2, 0) is 0 Å². The Labute approximate surface area is 118 Å². The molecule has 0 radical (unpaired) electrons. The summed E-state index contributed by atoms with van der Waals surface area (Å²) in [6.45, 7) is 0. The van der Waals surface area contributed by atoms with Gasteiger partial charge in [0.05, 0.1) is 16.7 Å². The van der Waals surface area contributed by atoms with Crippen LogP contribution in [0.4, 0.5) is 25.2 Å². The van der Waals surface area contributed by atoms with E-state index < -0.39 is 17.7 Å². The molecule has 1 heterocycles. The molecule has 21 heavy (non-hydrogen) atoms. The minimum atomic E-state index is -0.726. The van der Waals surface area contributed by atoms with Gasteiger partial charge in [-0.15, -0.1) is 0 Å². The summed E-state index contributed by atoms with van der Waals surface area (Å²) in [6.07, 6.45) is 0. The molecule has 1 aromatic heterocycles. The van der Waals surface area contributed by atoms with E-state index in [1.807, 2.05) is 12.1 Å². The van der Waals surface area contributed by atoms with E-state index in [0.29, 0.717) is 5.52 Å². The number of imidazole rings is 1. The maximum atomic E-state index is 13.4. The molecule has 0 aliphatic rings. The number of nitrogens with one attached hydrogen (secondary N) is 3. The number of anilines is 2. The van der Waals surface area contributed by atoms with E-state index in [9.17, 15) is 13.6 Å². The summed E-state index contributed by atoms with van der Waals surface area (Å²) in [5.74, 6) is -1.16. The van der Waals surface area contributed by atoms with Crippen molar-refractivity contribution in [3.8, 4) is 0 Å². The predicted octanol–water partition coefficient (Wildman–Crippen LogP) is 3.49. The molecule has 5 nitrogen and oxygen atoms in total. The topological polar surface area (TPSA) is 69.8 Å². The molecule has 0 saturated carbocycles. The zero-order chi connectivity index (χ0) is 14.8. The third kappa shape index (κ3) is 2.81. The number of fused-ring (bicyclic) bond motifs is 1. The number of urea groups is 1. The van der Waals surface area contributed by atoms with Gasteiger partial charge in [0.15, 0.2) is 0 Å². The molecule has 0 bridgehead atoms. The highest BCUT2D eigenvalue weighted by molar-refractivity contribution is 5.99. The van der Waals surface area contributed by atoms with Crippen LogP contribution in [0.5, 0.6) is 0 Å². The molecular weight excluding hydrogens is 278 g/mol. The van der Waals surface area contributed by atoms with E-state index >= 15 is 0 Å². The largest absolute Gasteiger partial charge is 0.326 e. The number of halogens is 2. The van der Waals surface area contributed by atoms with Crippen molar-refractivity contribution in [2.45, 2.75) is 0 Å². The lowest BCUT2D eigenvalue weighted by molar-refractivity contribution is 0.262. The second-order valence-corrected chi connectivity index (χ2v) is 4.31. The summed E-state index contributed by atoms with van der Waals surface area (Å²) in [5, 5.41) is 4.64. The second kappa shape index (κ2) is 5.20. The molecule has 0 aliphatic heterocycles. The van der Waals surface area contributed by atoms with Crippen LogP contribution in [0.25, 0.3) is 11.0 Å². The highest BCUT2D eigenvalue weighted by Crippen LogP contribution is 2.16. The Bertz CT molecular complexity index is 783. The molecule has 2 amide bonds. The molecular formula is C14H10F2N4O. The van der Waals surface area contributed by atoms with Gasteiger partial charge in [-0.2, -0.15) is 0 Å². The number of rotatable bonds is 2. The monoisotopic (exact) mass is 288 g/mol. The Morgan fingerprint density at radius 1 is 1.10 bits per heavy atom. The summed E-state index contributed by atoms with van der Waals surface area (Å²) in [5.41, 5.74) is 1.19. The first-order valence-corrected chi connectivity index (χ1v) is 6.09. The lowest BCUT2D eigenvalue weighted by atomic mass is 10.3. The van der Waals surface area contributed by atoms with Crippen LogP contribution in [0.3, 0.4) is 0 Å². The van der Waals surface area contributed by atoms with Crippen molar-refractivity contribution in [3.05, 3.63) is 54.1 Å². The van der Waals surface area contributed by atoms with Crippen LogP contribution in [0.2, 0.25) is 0 Å². The van der Waals surface area contributed by atoms with E-state index in [0.717, 1.165) is 23.7 Å². The summed E-state index contributed by atoms with van der Waals surface area (Å²) in [4.78, 5) is 18.8. The Morgan fingerprint density at radius 3 is 2.71 bits per heavy atom. The van der Waals surface area contributed by atoms with Crippen LogP contribution in [0.1, 0.15) is 0 Å². The number of amides is 2. The van der Waals surface area contributed by atoms with E-state index in [1.54, 1.807) is 12.1 Å². The number of aromatic nitrogens is 2. The molecule has 3 rings (SSSR count). The molecule has 2 aromatic carbocycles. The van der Waals surface area contributed by atoms with E-state index in [2.05, 4.69) is 20.6 Å². The van der Waals surface area contributed by atoms with Gasteiger partial charge < -0.3 is 10.3 Å². The van der Waals surface area contributed by atoms with Crippen LogP contribution in [-0.4, -0.2) is 16.0 Å². The van der Waals surface area contributed by atoms with Crippen LogP contribution in [0.15, 0.2) is 42.5 Å². The number of aromatic amines is 1. The Hall–Kier alpha value is -2.96. The first-order valence-electron chi connectivity index (χ1n) is 6.09. The maximum absolute atomic E-state index is 13.4. The Balaban J connectivity index is 1.75. The third-order valence-corrected chi connectivity index (χ3v) is 2.80. The number of hydrogen-bond acceptors (Lipinski definition) is 2. The SMILES string of the molecule is O=C(Nc1nc2ccccc2[nH]1)Nc1cc(F)ccc1F. The lowest BCUT2D eigenvalue weighted by Gasteiger charge is -2.06. The third-order valence-electron chi connectivity index (χ3n) is 2.80. The predicted molar refractivity (Wildman–Crippen MR) is 75.1 cm³/mol. The summed E-state index contributed by atoms with van der Waals surface area (Å²) in [6, 6.07) is 9.30. The Morgan fingerprint density at radius 2 is 1.90 bits per heavy atom. The van der Waals surface area contributed by atoms with Gasteiger partial charge in [0.25, 0.3) is 0 Å². The van der Waals surface area contributed by atoms with E-state index in [1.165, 1.54) is 0 Å². The summed E-state index contributed by atoms with van der Waals surface area (Å²) < 4.78 is 26.4. The van der Waals surface area contributed by atoms with Crippen molar-refractivity contribution in [2.24, 2.45) is 0 Å². The molecule has 0 aliphatic carbocycles. The van der Waals surface area contributed by atoms with Gasteiger partial charge in [-0.05, 0) is 24.3 Å². The standard InChI is InChI=1S/C14H10F2N4O/c15-8-5-6-9(16)12(7-8)19-14(21)20-13-17-10-3-1-2-4-11(10)18-13/h1-7H,(H3,17,18,19,20,21). The fourth-order valence-corrected chi connectivity index (χ4v) is 1.87. The number of H-pyrrole nitrogens is 1. The molecule has 3 aromatic rings. The van der Waals surface area contributed by atoms with Gasteiger partial charge in [-0.1, -0.05) is 12.1 Å². The fourth-order valence-electron chi connectivity index (χ4n) is 1.87. The fraction of sp³-hybridized carbons (Fsp3) is 0. The highest BCUT2D eigenvalue weighted by Gasteiger charge is 2.10. The molecule has 0 fully saturated rings. The zero-order valence-electron chi connectivity index (χ0n) is 10.7.